The van der Waals surface area contributed by atoms with Crippen LogP contribution in [0, 0.1) is 0 Å². The maximum atomic E-state index is 12.7. The highest BCUT2D eigenvalue weighted by molar-refractivity contribution is 6.32. The lowest BCUT2D eigenvalue weighted by atomic mass is 10.1. The van der Waals surface area contributed by atoms with Gasteiger partial charge in [0.2, 0.25) is 5.91 Å². The summed E-state index contributed by atoms with van der Waals surface area (Å²) in [5.74, 6) is 1.47. The Morgan fingerprint density at radius 3 is 2.59 bits per heavy atom. The third-order valence-corrected chi connectivity index (χ3v) is 5.15. The van der Waals surface area contributed by atoms with E-state index in [1.54, 1.807) is 18.2 Å². The van der Waals surface area contributed by atoms with E-state index >= 15 is 0 Å². The minimum Gasteiger partial charge on any atom is -0.506 e. The molecule has 7 heteroatoms. The number of piperazine rings is 1. The molecule has 2 aliphatic heterocycles. The molecule has 0 atom stereocenters. The number of rotatable bonds is 3. The van der Waals surface area contributed by atoms with Crippen LogP contribution in [0.1, 0.15) is 5.56 Å². The van der Waals surface area contributed by atoms with E-state index < -0.39 is 0 Å². The summed E-state index contributed by atoms with van der Waals surface area (Å²) in [6.07, 6.45) is 0.271. The Morgan fingerprint density at radius 2 is 1.81 bits per heavy atom. The van der Waals surface area contributed by atoms with Gasteiger partial charge in [-0.2, -0.15) is 0 Å². The van der Waals surface area contributed by atoms with Crippen molar-refractivity contribution in [1.82, 2.24) is 4.90 Å². The summed E-state index contributed by atoms with van der Waals surface area (Å²) >= 11 is 6.26. The van der Waals surface area contributed by atoms with Gasteiger partial charge in [0.15, 0.2) is 11.5 Å². The molecule has 2 heterocycles. The van der Waals surface area contributed by atoms with Gasteiger partial charge >= 0.3 is 0 Å². The van der Waals surface area contributed by atoms with Crippen molar-refractivity contribution in [3.8, 4) is 17.2 Å². The molecule has 6 nitrogen and oxygen atoms in total. The van der Waals surface area contributed by atoms with E-state index in [4.69, 9.17) is 21.1 Å². The molecular weight excluding hydrogens is 368 g/mol. The number of benzene rings is 2. The van der Waals surface area contributed by atoms with E-state index in [1.165, 1.54) is 0 Å². The first-order valence-electron chi connectivity index (χ1n) is 9.00. The molecule has 1 saturated heterocycles. The van der Waals surface area contributed by atoms with Crippen LogP contribution in [0.3, 0.4) is 0 Å². The van der Waals surface area contributed by atoms with E-state index in [0.717, 1.165) is 11.3 Å². The predicted molar refractivity (Wildman–Crippen MR) is 103 cm³/mol. The zero-order chi connectivity index (χ0) is 18.8. The van der Waals surface area contributed by atoms with Crippen molar-refractivity contribution in [1.29, 1.82) is 0 Å². The van der Waals surface area contributed by atoms with Crippen molar-refractivity contribution in [3.05, 3.63) is 47.0 Å². The van der Waals surface area contributed by atoms with Gasteiger partial charge in [0, 0.05) is 26.2 Å². The number of hydrogen-bond acceptors (Lipinski definition) is 5. The highest BCUT2D eigenvalue weighted by atomic mass is 35.5. The van der Waals surface area contributed by atoms with Crippen LogP contribution in [0.2, 0.25) is 5.02 Å². The van der Waals surface area contributed by atoms with Gasteiger partial charge in [0.1, 0.15) is 19.0 Å². The van der Waals surface area contributed by atoms with Crippen molar-refractivity contribution in [2.24, 2.45) is 0 Å². The molecule has 27 heavy (non-hydrogen) atoms. The van der Waals surface area contributed by atoms with Crippen molar-refractivity contribution >= 4 is 23.2 Å². The molecule has 0 spiro atoms. The zero-order valence-electron chi connectivity index (χ0n) is 14.9. The second-order valence-corrected chi connectivity index (χ2v) is 7.04. The van der Waals surface area contributed by atoms with Crippen LogP contribution in [0.4, 0.5) is 5.69 Å². The van der Waals surface area contributed by atoms with Gasteiger partial charge in [-0.15, -0.1) is 0 Å². The number of phenolic OH excluding ortho intramolecular Hbond substituents is 1. The SMILES string of the molecule is O=C(Cc1cc(Cl)c2c(c1)OCCO2)N1CCN(c2ccccc2O)CC1. The summed E-state index contributed by atoms with van der Waals surface area (Å²) < 4.78 is 11.1. The number of phenols is 1. The highest BCUT2D eigenvalue weighted by Crippen LogP contribution is 2.38. The number of fused-ring (bicyclic) bond motifs is 1. The maximum Gasteiger partial charge on any atom is 0.227 e. The molecule has 0 bridgehead atoms. The number of hydrogen-bond donors (Lipinski definition) is 1. The minimum atomic E-state index is 0.0553. The Kier molecular flexibility index (Phi) is 4.99. The highest BCUT2D eigenvalue weighted by Gasteiger charge is 2.24. The largest absolute Gasteiger partial charge is 0.506 e. The van der Waals surface area contributed by atoms with Crippen molar-refractivity contribution in [2.45, 2.75) is 6.42 Å². The van der Waals surface area contributed by atoms with Crippen LogP contribution in [0.15, 0.2) is 36.4 Å². The average Bonchev–Trinajstić information content (AvgIpc) is 2.68. The zero-order valence-corrected chi connectivity index (χ0v) is 15.6. The molecule has 2 aromatic carbocycles. The number of anilines is 1. The second-order valence-electron chi connectivity index (χ2n) is 6.64. The minimum absolute atomic E-state index is 0.0553. The smallest absolute Gasteiger partial charge is 0.227 e. The van der Waals surface area contributed by atoms with Crippen molar-refractivity contribution in [3.63, 3.8) is 0 Å². The Bertz CT molecular complexity index is 850. The van der Waals surface area contributed by atoms with Gasteiger partial charge in [-0.05, 0) is 29.8 Å². The molecule has 0 aliphatic carbocycles. The Hall–Kier alpha value is -2.60. The number of halogens is 1. The van der Waals surface area contributed by atoms with E-state index in [1.807, 2.05) is 23.1 Å². The first kappa shape index (κ1) is 17.8. The van der Waals surface area contributed by atoms with Crippen molar-refractivity contribution < 1.29 is 19.4 Å². The average molecular weight is 389 g/mol. The van der Waals surface area contributed by atoms with E-state index in [-0.39, 0.29) is 18.1 Å². The van der Waals surface area contributed by atoms with Crippen LogP contribution in [-0.4, -0.2) is 55.3 Å². The van der Waals surface area contributed by atoms with Gasteiger partial charge in [0.05, 0.1) is 17.1 Å². The lowest BCUT2D eigenvalue weighted by molar-refractivity contribution is -0.130. The van der Waals surface area contributed by atoms with Gasteiger partial charge in [-0.1, -0.05) is 23.7 Å². The van der Waals surface area contributed by atoms with E-state index in [2.05, 4.69) is 4.90 Å². The summed E-state index contributed by atoms with van der Waals surface area (Å²) in [6, 6.07) is 10.9. The summed E-state index contributed by atoms with van der Waals surface area (Å²) in [5.41, 5.74) is 1.63. The summed E-state index contributed by atoms with van der Waals surface area (Å²) in [6.45, 7) is 3.56. The van der Waals surface area contributed by atoms with Gasteiger partial charge < -0.3 is 24.4 Å². The number of ether oxygens (including phenoxy) is 2. The number of para-hydroxylation sites is 2. The maximum absolute atomic E-state index is 12.7. The molecule has 142 valence electrons. The lowest BCUT2D eigenvalue weighted by Gasteiger charge is -2.36. The molecular formula is C20H21ClN2O4. The molecule has 0 unspecified atom stereocenters. The fourth-order valence-corrected chi connectivity index (χ4v) is 3.77. The number of carbonyl (C=O) groups is 1. The molecule has 0 saturated carbocycles. The fraction of sp³-hybridized carbons (Fsp3) is 0.350. The Labute approximate surface area is 162 Å². The summed E-state index contributed by atoms with van der Waals surface area (Å²) in [7, 11) is 0. The van der Waals surface area contributed by atoms with E-state index in [0.29, 0.717) is 55.9 Å². The monoisotopic (exact) mass is 388 g/mol. The lowest BCUT2D eigenvalue weighted by Crippen LogP contribution is -2.49. The van der Waals surface area contributed by atoms with Crippen LogP contribution in [0.25, 0.3) is 0 Å². The van der Waals surface area contributed by atoms with Gasteiger partial charge in [0.25, 0.3) is 0 Å². The first-order chi connectivity index (χ1) is 13.1. The summed E-state index contributed by atoms with van der Waals surface area (Å²) in [5, 5.41) is 10.5. The molecule has 4 rings (SSSR count). The quantitative estimate of drug-likeness (QED) is 0.876. The molecule has 1 amide bonds. The molecule has 0 radical (unpaired) electrons. The summed E-state index contributed by atoms with van der Waals surface area (Å²) in [4.78, 5) is 16.6. The predicted octanol–water partition coefficient (Wildman–Crippen LogP) is 2.71. The number of aromatic hydroxyl groups is 1. The normalized spacial score (nSPS) is 16.3. The number of amides is 1. The standard InChI is InChI=1S/C20H21ClN2O4/c21-15-11-14(12-18-20(15)27-10-9-26-18)13-19(25)23-7-5-22(6-8-23)16-3-1-2-4-17(16)24/h1-4,11-12,24H,5-10,13H2. The first-order valence-corrected chi connectivity index (χ1v) is 9.38. The fourth-order valence-electron chi connectivity index (χ4n) is 3.48. The molecule has 1 fully saturated rings. The Balaban J connectivity index is 1.39. The van der Waals surface area contributed by atoms with Gasteiger partial charge in [-0.25, -0.2) is 0 Å². The number of carbonyl (C=O) groups excluding carboxylic acids is 1. The van der Waals surface area contributed by atoms with Gasteiger partial charge in [-0.3, -0.25) is 4.79 Å². The van der Waals surface area contributed by atoms with Crippen LogP contribution >= 0.6 is 11.6 Å². The van der Waals surface area contributed by atoms with Crippen LogP contribution < -0.4 is 14.4 Å². The molecule has 2 aliphatic rings. The number of nitrogens with zero attached hydrogens (tertiary/aromatic N) is 2. The Morgan fingerprint density at radius 1 is 1.07 bits per heavy atom. The van der Waals surface area contributed by atoms with Crippen molar-refractivity contribution in [2.75, 3.05) is 44.3 Å². The second kappa shape index (κ2) is 7.56. The topological polar surface area (TPSA) is 62.2 Å². The van der Waals surface area contributed by atoms with Crippen LogP contribution in [-0.2, 0) is 11.2 Å². The molecule has 0 aromatic heterocycles. The van der Waals surface area contributed by atoms with Crippen LogP contribution in [0.5, 0.6) is 17.2 Å². The third-order valence-electron chi connectivity index (χ3n) is 4.87. The molecule has 2 aromatic rings. The van der Waals surface area contributed by atoms with E-state index in [9.17, 15) is 9.90 Å². The molecule has 1 N–H and O–H groups in total. The third kappa shape index (κ3) is 3.76.